The molecule has 2 aliphatic heterocycles. The summed E-state index contributed by atoms with van der Waals surface area (Å²) < 4.78 is 32.3. The maximum absolute atomic E-state index is 12.5. The van der Waals surface area contributed by atoms with Gasteiger partial charge in [-0.3, -0.25) is 4.79 Å². The van der Waals surface area contributed by atoms with Crippen LogP contribution >= 0.6 is 15.9 Å². The number of halogens is 1. The number of carbonyl (C=O) groups is 1. The third-order valence-electron chi connectivity index (χ3n) is 4.93. The largest absolute Gasteiger partial charge is 0.463 e. The van der Waals surface area contributed by atoms with Gasteiger partial charge >= 0.3 is 0 Å². The van der Waals surface area contributed by atoms with Crippen molar-refractivity contribution in [1.82, 2.24) is 9.62 Å². The standard InChI is InChI=1S/C19H27BrN6O4S/c1-2-22-6-3-11-31(28,29)26-9-7-25(8-10-26)14-4-5-15(20)16(12-14)23-18(27)17-13-30-19(21)24-17/h3-6,12,17,22H,2,7-11,13H2,1H3,(H2,21,24)(H,23,27)/b6-3+. The number of hydrogen-bond donors (Lipinski definition) is 3. The van der Waals surface area contributed by atoms with Crippen LogP contribution < -0.4 is 21.3 Å². The van der Waals surface area contributed by atoms with Gasteiger partial charge in [0.05, 0.1) is 11.4 Å². The van der Waals surface area contributed by atoms with Crippen molar-refractivity contribution in [3.05, 3.63) is 34.9 Å². The van der Waals surface area contributed by atoms with Crippen LogP contribution in [0, 0.1) is 0 Å². The van der Waals surface area contributed by atoms with Gasteiger partial charge in [-0.1, -0.05) is 6.08 Å². The molecule has 10 nitrogen and oxygen atoms in total. The summed E-state index contributed by atoms with van der Waals surface area (Å²) in [6.07, 6.45) is 3.30. The SMILES string of the molecule is CCN/C=C/CS(=O)(=O)N1CCN(c2ccc(Br)c(NC(=O)C3COC(N)=N3)c2)CC1. The first-order valence-corrected chi connectivity index (χ1v) is 12.4. The first-order valence-electron chi connectivity index (χ1n) is 9.98. The lowest BCUT2D eigenvalue weighted by molar-refractivity contribution is -0.117. The number of amidine groups is 1. The molecule has 1 saturated heterocycles. The number of sulfonamides is 1. The zero-order valence-corrected chi connectivity index (χ0v) is 19.7. The Labute approximate surface area is 190 Å². The van der Waals surface area contributed by atoms with Crippen molar-refractivity contribution in [1.29, 1.82) is 0 Å². The molecule has 0 bridgehead atoms. The van der Waals surface area contributed by atoms with Crippen molar-refractivity contribution in [2.75, 3.05) is 55.3 Å². The van der Waals surface area contributed by atoms with Gasteiger partial charge in [0.2, 0.25) is 10.0 Å². The van der Waals surface area contributed by atoms with Gasteiger partial charge in [-0.05, 0) is 47.3 Å². The second-order valence-electron chi connectivity index (χ2n) is 7.07. The Balaban J connectivity index is 1.60. The molecule has 12 heteroatoms. The minimum absolute atomic E-state index is 0.0120. The Morgan fingerprint density at radius 3 is 2.74 bits per heavy atom. The van der Waals surface area contributed by atoms with Gasteiger partial charge in [0.15, 0.2) is 6.04 Å². The summed E-state index contributed by atoms with van der Waals surface area (Å²) >= 11 is 3.45. The average molecular weight is 515 g/mol. The van der Waals surface area contributed by atoms with Crippen LogP contribution in [0.3, 0.4) is 0 Å². The smallest absolute Gasteiger partial charge is 0.282 e. The van der Waals surface area contributed by atoms with E-state index in [9.17, 15) is 13.2 Å². The molecule has 0 spiro atoms. The first kappa shape index (κ1) is 23.4. The predicted octanol–water partition coefficient (Wildman–Crippen LogP) is 0.676. The minimum atomic E-state index is -3.33. The number of carbonyl (C=O) groups excluding carboxylic acids is 1. The van der Waals surface area contributed by atoms with Crippen molar-refractivity contribution in [2.24, 2.45) is 10.7 Å². The molecular formula is C19H27BrN6O4S. The summed E-state index contributed by atoms with van der Waals surface area (Å²) in [5.74, 6) is -0.327. The average Bonchev–Trinajstić information content (AvgIpc) is 3.19. The van der Waals surface area contributed by atoms with Crippen LogP contribution in [0.15, 0.2) is 39.9 Å². The summed E-state index contributed by atoms with van der Waals surface area (Å²) in [7, 11) is -3.33. The van der Waals surface area contributed by atoms with E-state index in [4.69, 9.17) is 10.5 Å². The second-order valence-corrected chi connectivity index (χ2v) is 9.94. The maximum Gasteiger partial charge on any atom is 0.282 e. The van der Waals surface area contributed by atoms with Crippen molar-refractivity contribution >= 4 is 49.3 Å². The van der Waals surface area contributed by atoms with Crippen LogP contribution in [0.4, 0.5) is 11.4 Å². The molecule has 1 amide bonds. The Bertz CT molecular complexity index is 960. The molecule has 170 valence electrons. The van der Waals surface area contributed by atoms with Gasteiger partial charge in [0.25, 0.3) is 11.9 Å². The highest BCUT2D eigenvalue weighted by molar-refractivity contribution is 9.10. The van der Waals surface area contributed by atoms with Gasteiger partial charge in [0.1, 0.15) is 6.61 Å². The van der Waals surface area contributed by atoms with Crippen LogP contribution in [-0.4, -0.2) is 75.8 Å². The van der Waals surface area contributed by atoms with Crippen LogP contribution in [0.2, 0.25) is 0 Å². The highest BCUT2D eigenvalue weighted by Gasteiger charge is 2.27. The Hall–Kier alpha value is -2.31. The van der Waals surface area contributed by atoms with E-state index in [2.05, 4.69) is 36.5 Å². The van der Waals surface area contributed by atoms with Gasteiger partial charge in [0, 0.05) is 42.9 Å². The maximum atomic E-state index is 12.5. The molecule has 2 heterocycles. The fourth-order valence-electron chi connectivity index (χ4n) is 3.25. The molecule has 1 unspecified atom stereocenters. The number of anilines is 2. The Morgan fingerprint density at radius 1 is 1.35 bits per heavy atom. The molecule has 0 saturated carbocycles. The number of hydrogen-bond acceptors (Lipinski definition) is 8. The number of ether oxygens (including phenoxy) is 1. The Kier molecular flexibility index (Phi) is 7.79. The summed E-state index contributed by atoms with van der Waals surface area (Å²) in [4.78, 5) is 18.5. The number of rotatable bonds is 8. The van der Waals surface area contributed by atoms with Crippen molar-refractivity contribution < 1.29 is 17.9 Å². The molecule has 1 aromatic carbocycles. The molecular weight excluding hydrogens is 488 g/mol. The normalized spacial score (nSPS) is 19.9. The van der Waals surface area contributed by atoms with Crippen molar-refractivity contribution in [2.45, 2.75) is 13.0 Å². The molecule has 1 aromatic rings. The number of benzene rings is 1. The fourth-order valence-corrected chi connectivity index (χ4v) is 4.86. The number of amides is 1. The van der Waals surface area contributed by atoms with Crippen LogP contribution in [0.5, 0.6) is 0 Å². The van der Waals surface area contributed by atoms with Crippen LogP contribution in [0.1, 0.15) is 6.92 Å². The van der Waals surface area contributed by atoms with Gasteiger partial charge in [-0.2, -0.15) is 4.31 Å². The monoisotopic (exact) mass is 514 g/mol. The lowest BCUT2D eigenvalue weighted by Crippen LogP contribution is -2.49. The molecule has 31 heavy (non-hydrogen) atoms. The number of nitrogens with two attached hydrogens (primary N) is 1. The molecule has 0 aromatic heterocycles. The van der Waals surface area contributed by atoms with E-state index >= 15 is 0 Å². The lowest BCUT2D eigenvalue weighted by atomic mass is 10.2. The highest BCUT2D eigenvalue weighted by atomic mass is 79.9. The van der Waals surface area contributed by atoms with Gasteiger partial charge in [-0.25, -0.2) is 13.4 Å². The van der Waals surface area contributed by atoms with E-state index < -0.39 is 16.1 Å². The third kappa shape index (κ3) is 6.11. The molecule has 2 aliphatic rings. The number of aliphatic imine (C=N–C) groups is 1. The molecule has 4 N–H and O–H groups in total. The topological polar surface area (TPSA) is 129 Å². The van der Waals surface area contributed by atoms with E-state index in [1.165, 1.54) is 4.31 Å². The molecule has 1 fully saturated rings. The van der Waals surface area contributed by atoms with Gasteiger partial charge < -0.3 is 26.0 Å². The molecule has 0 aliphatic carbocycles. The number of piperazine rings is 1. The Morgan fingerprint density at radius 2 is 2.10 bits per heavy atom. The minimum Gasteiger partial charge on any atom is -0.463 e. The zero-order chi connectivity index (χ0) is 22.4. The van der Waals surface area contributed by atoms with E-state index in [0.717, 1.165) is 16.7 Å². The van der Waals surface area contributed by atoms with E-state index in [1.54, 1.807) is 12.3 Å². The fraction of sp³-hybridized carbons (Fsp3) is 0.474. The first-order chi connectivity index (χ1) is 14.8. The third-order valence-corrected chi connectivity index (χ3v) is 7.38. The van der Waals surface area contributed by atoms with Crippen molar-refractivity contribution in [3.8, 4) is 0 Å². The second kappa shape index (κ2) is 10.3. The highest BCUT2D eigenvalue weighted by Crippen LogP contribution is 2.29. The molecule has 3 rings (SSSR count). The quantitative estimate of drug-likeness (QED) is 0.464. The number of nitrogens with zero attached hydrogens (tertiary/aromatic N) is 3. The lowest BCUT2D eigenvalue weighted by Gasteiger charge is -2.35. The zero-order valence-electron chi connectivity index (χ0n) is 17.3. The summed E-state index contributed by atoms with van der Waals surface area (Å²) in [5.41, 5.74) is 6.97. The summed E-state index contributed by atoms with van der Waals surface area (Å²) in [5, 5.41) is 5.81. The summed E-state index contributed by atoms with van der Waals surface area (Å²) in [6, 6.07) is 4.97. The van der Waals surface area contributed by atoms with Crippen LogP contribution in [0.25, 0.3) is 0 Å². The summed E-state index contributed by atoms with van der Waals surface area (Å²) in [6.45, 7) is 4.75. The molecule has 0 radical (unpaired) electrons. The van der Waals surface area contributed by atoms with E-state index in [0.29, 0.717) is 31.9 Å². The van der Waals surface area contributed by atoms with Crippen LogP contribution in [-0.2, 0) is 19.6 Å². The van der Waals surface area contributed by atoms with E-state index in [1.807, 2.05) is 25.1 Å². The van der Waals surface area contributed by atoms with E-state index in [-0.39, 0.29) is 24.3 Å². The predicted molar refractivity (Wildman–Crippen MR) is 125 cm³/mol. The number of nitrogens with one attached hydrogen (secondary N) is 2. The van der Waals surface area contributed by atoms with Gasteiger partial charge in [-0.15, -0.1) is 0 Å². The van der Waals surface area contributed by atoms with Crippen molar-refractivity contribution in [3.63, 3.8) is 0 Å². The molecule has 1 atom stereocenters.